The van der Waals surface area contributed by atoms with E-state index >= 15 is 0 Å². The number of hydrogen-bond donors (Lipinski definition) is 10. The number of nitrogens with zero attached hydrogens (tertiary/aromatic N) is 3. The summed E-state index contributed by atoms with van der Waals surface area (Å²) < 4.78 is 12.1. The average Bonchev–Trinajstić information content (AvgIpc) is 1.59. The van der Waals surface area contributed by atoms with Gasteiger partial charge in [-0.15, -0.1) is 0 Å². The lowest BCUT2D eigenvalue weighted by molar-refractivity contribution is -0.117. The zero-order valence-corrected chi connectivity index (χ0v) is 61.8. The Balaban J connectivity index is 0.000000151. The van der Waals surface area contributed by atoms with Crippen LogP contribution in [0, 0.1) is 23.7 Å². The van der Waals surface area contributed by atoms with Crippen LogP contribution in [0.3, 0.4) is 0 Å². The summed E-state index contributed by atoms with van der Waals surface area (Å²) in [7, 11) is 0. The third kappa shape index (κ3) is 21.0. The van der Waals surface area contributed by atoms with Crippen molar-refractivity contribution in [1.82, 2.24) is 20.0 Å². The van der Waals surface area contributed by atoms with Gasteiger partial charge in [0, 0.05) is 70.3 Å². The number of carbonyl (C=O) groups excluding carboxylic acids is 1. The molecule has 564 valence electrons. The molecule has 1 amide bonds. The number of fused-ring (bicyclic) bond motifs is 2. The molecule has 0 radical (unpaired) electrons. The number of allylic oxidation sites excluding steroid dienone is 3. The van der Waals surface area contributed by atoms with E-state index in [0.717, 1.165) is 185 Å². The molecule has 16 heteroatoms. The number of ether oxygens (including phenoxy) is 2. The topological polar surface area (TPSA) is 231 Å². The van der Waals surface area contributed by atoms with Crippen molar-refractivity contribution in [1.29, 1.82) is 0 Å². The van der Waals surface area contributed by atoms with Gasteiger partial charge in [-0.2, -0.15) is 0 Å². The van der Waals surface area contributed by atoms with Crippen LogP contribution in [0.5, 0.6) is 28.7 Å². The van der Waals surface area contributed by atoms with E-state index in [1.807, 2.05) is 140 Å². The first-order chi connectivity index (χ1) is 53.0. The molecule has 9 aromatic rings. The number of nitrogens with one attached hydrogen (secondary N) is 2. The molecule has 0 unspecified atom stereocenters. The fourth-order valence-corrected chi connectivity index (χ4v) is 16.1. The molecule has 0 bridgehead atoms. The Labute approximate surface area is 636 Å². The van der Waals surface area contributed by atoms with Gasteiger partial charge in [-0.25, -0.2) is 0 Å². The van der Waals surface area contributed by atoms with E-state index in [4.69, 9.17) is 9.47 Å². The van der Waals surface area contributed by atoms with Crippen LogP contribution in [0.4, 0.5) is 5.69 Å². The summed E-state index contributed by atoms with van der Waals surface area (Å²) in [4.78, 5) is 19.7. The lowest BCUT2D eigenvalue weighted by Gasteiger charge is -2.25. The lowest BCUT2D eigenvalue weighted by Crippen LogP contribution is -2.38. The summed E-state index contributed by atoms with van der Waals surface area (Å²) in [6.45, 7) is 10.3. The van der Waals surface area contributed by atoms with E-state index in [9.17, 15) is 45.6 Å². The van der Waals surface area contributed by atoms with Crippen molar-refractivity contribution in [2.45, 2.75) is 69.9 Å². The molecule has 16 nitrogen and oxygen atoms in total. The summed E-state index contributed by atoms with van der Waals surface area (Å²) in [5.74, 6) is 5.13. The van der Waals surface area contributed by atoms with Crippen molar-refractivity contribution >= 4 is 45.0 Å². The van der Waals surface area contributed by atoms with Gasteiger partial charge in [0.15, 0.2) is 0 Å². The highest BCUT2D eigenvalue weighted by atomic mass is 16.5. The first kappa shape index (κ1) is 77.9. The maximum Gasteiger partial charge on any atom is 0.238 e. The molecule has 10 N–H and O–H groups in total. The number of phenols is 3. The molecule has 4 saturated heterocycles. The number of rotatable bonds is 31. The number of benzene rings is 9. The van der Waals surface area contributed by atoms with Gasteiger partial charge < -0.3 is 61.0 Å². The van der Waals surface area contributed by atoms with Crippen LogP contribution in [0.25, 0.3) is 33.4 Å². The molecular formula is C92H105N5O11. The predicted molar refractivity (Wildman–Crippen MR) is 431 cm³/mol. The summed E-state index contributed by atoms with van der Waals surface area (Å²) in [5.41, 5.74) is 16.9. The molecule has 4 aliphatic heterocycles. The Morgan fingerprint density at radius 1 is 0.426 bits per heavy atom. The van der Waals surface area contributed by atoms with Crippen LogP contribution >= 0.6 is 0 Å². The van der Waals surface area contributed by atoms with E-state index in [0.29, 0.717) is 69.2 Å². The minimum Gasteiger partial charge on any atom is -0.508 e. The second-order valence-electron chi connectivity index (χ2n) is 28.9. The zero-order chi connectivity index (χ0) is 75.0. The second kappa shape index (κ2) is 39.4. The Hall–Kier alpha value is -9.69. The van der Waals surface area contributed by atoms with Crippen molar-refractivity contribution in [3.63, 3.8) is 0 Å². The number of aliphatic hydroxyl groups excluding tert-OH is 5. The molecule has 1 saturated carbocycles. The maximum atomic E-state index is 12.7. The van der Waals surface area contributed by atoms with E-state index in [2.05, 4.69) is 86.0 Å². The van der Waals surface area contributed by atoms with E-state index in [1.165, 1.54) is 6.42 Å². The van der Waals surface area contributed by atoms with E-state index < -0.39 is 0 Å². The van der Waals surface area contributed by atoms with Crippen LogP contribution in [0.15, 0.2) is 237 Å². The number of aliphatic hydroxyl groups is 5. The summed E-state index contributed by atoms with van der Waals surface area (Å²) in [6.07, 6.45) is 7.61. The fourth-order valence-electron chi connectivity index (χ4n) is 16.1. The lowest BCUT2D eigenvalue weighted by atomic mass is 9.87. The number of hydrogen-bond acceptors (Lipinski definition) is 15. The van der Waals surface area contributed by atoms with Crippen molar-refractivity contribution in [3.8, 4) is 28.7 Å². The first-order valence-corrected chi connectivity index (χ1v) is 38.5. The summed E-state index contributed by atoms with van der Waals surface area (Å²) in [6, 6.07) is 77.4. The highest BCUT2D eigenvalue weighted by Gasteiger charge is 2.51. The van der Waals surface area contributed by atoms with Gasteiger partial charge in [0.1, 0.15) is 42.0 Å². The number of phenolic OH excluding ortho intramolecular Hbond substituents is 3. The molecule has 6 atom stereocenters. The van der Waals surface area contributed by atoms with Gasteiger partial charge in [-0.3, -0.25) is 19.5 Å². The fraction of sp³-hybridized carbons (Fsp3) is 0.337. The Morgan fingerprint density at radius 2 is 0.806 bits per heavy atom. The normalized spacial score (nSPS) is 19.5. The molecule has 9 aromatic carbocycles. The molecule has 108 heavy (non-hydrogen) atoms. The number of piperidine rings is 1. The molecule has 0 spiro atoms. The van der Waals surface area contributed by atoms with E-state index in [-0.39, 0.29) is 62.2 Å². The third-order valence-corrected chi connectivity index (χ3v) is 21.7. The molecular weight excluding hydrogens is 1350 g/mol. The number of amides is 1. The standard InChI is InChI=1S/C31H35N3O3.C31H35NO4.C30H35NO4/c35-16-4-7-29(22-5-2-1-3-6-22)31(24-10-14-28(36)15-11-24)23-8-12-27(13-9-23)33-30(37)21-34-19-25-17-32-18-26(25)20-34;33-17-4-7-28(22-5-2-1-3-6-22)31(23-8-12-26(35)13-9-23)24-10-14-27(15-11-24)36-18-16-32-20-25-19-29(25)30(32)21-34;32-20-5-9-29(23-6-2-1-3-7-23)30(24-10-14-27(34)15-11-24)25-12-16-28(17-13-25)35-21-19-31-18-4-8-26(31)22-33/h1-3,5-6,8-15,25-26,32,35-36H,4,7,16-21H2,(H,33,37);1-3,5-6,8-15,25,29-30,33-35H,4,7,16-21H2;1-3,6-7,10-17,26,32-34H,4-5,8-9,18-22H2/b31-29+;31-28-;30-29-/t25-,26+;25-,29-,30-;26-/m.11/s1. The number of aromatic hydroxyl groups is 3. The second-order valence-corrected chi connectivity index (χ2v) is 28.9. The monoisotopic (exact) mass is 1460 g/mol. The highest BCUT2D eigenvalue weighted by Crippen LogP contribution is 2.49. The van der Waals surface area contributed by atoms with Crippen LogP contribution in [0.2, 0.25) is 0 Å². The Kier molecular flexibility index (Phi) is 28.4. The molecule has 5 fully saturated rings. The molecule has 1 aliphatic carbocycles. The van der Waals surface area contributed by atoms with Crippen LogP contribution in [0.1, 0.15) is 108 Å². The average molecular weight is 1460 g/mol. The van der Waals surface area contributed by atoms with Crippen LogP contribution in [-0.4, -0.2) is 179 Å². The van der Waals surface area contributed by atoms with Gasteiger partial charge >= 0.3 is 0 Å². The molecule has 14 rings (SSSR count). The summed E-state index contributed by atoms with van der Waals surface area (Å²) >= 11 is 0. The Morgan fingerprint density at radius 3 is 1.19 bits per heavy atom. The quantitative estimate of drug-likeness (QED) is 0.0182. The largest absolute Gasteiger partial charge is 0.508 e. The van der Waals surface area contributed by atoms with Crippen LogP contribution in [-0.2, 0) is 4.79 Å². The van der Waals surface area contributed by atoms with Crippen molar-refractivity contribution in [3.05, 3.63) is 287 Å². The third-order valence-electron chi connectivity index (χ3n) is 21.7. The van der Waals surface area contributed by atoms with Crippen molar-refractivity contribution in [2.75, 3.05) is 110 Å². The van der Waals surface area contributed by atoms with Gasteiger partial charge in [0.2, 0.25) is 5.91 Å². The SMILES string of the molecule is O=C(CN1C[C@H]2CNC[C@H]2C1)Nc1ccc(/C(=C(/CCCO)c2ccccc2)c2ccc(O)cc2)cc1.OCCC/C(=C(\c1ccc(O)cc1)c1ccc(OCCN2CCC[C@@H]2CO)cc1)c1ccccc1.OCCC/C(=C(\c1ccc(O)cc1)c1ccc(OCCN2C[C@H]3C[C@H]3[C@H]2CO)cc1)c1ccccc1. The van der Waals surface area contributed by atoms with Crippen molar-refractivity contribution in [2.24, 2.45) is 23.7 Å². The van der Waals surface area contributed by atoms with E-state index in [1.54, 1.807) is 36.4 Å². The van der Waals surface area contributed by atoms with Gasteiger partial charge in [0.25, 0.3) is 0 Å². The molecule has 5 aliphatic rings. The number of carbonyl (C=O) groups is 1. The van der Waals surface area contributed by atoms with Crippen LogP contribution < -0.4 is 20.1 Å². The zero-order valence-electron chi connectivity index (χ0n) is 61.8. The molecule has 4 heterocycles. The van der Waals surface area contributed by atoms with Gasteiger partial charge in [-0.05, 0) is 257 Å². The Bertz CT molecular complexity index is 4340. The highest BCUT2D eigenvalue weighted by molar-refractivity contribution is 6.01. The van der Waals surface area contributed by atoms with Crippen molar-refractivity contribution < 1.29 is 55.1 Å². The molecule has 0 aromatic heterocycles. The maximum absolute atomic E-state index is 12.7. The minimum absolute atomic E-state index is 0.0166. The minimum atomic E-state index is 0.0166. The summed E-state index contributed by atoms with van der Waals surface area (Å²) in [5, 5.41) is 84.1. The van der Waals surface area contributed by atoms with Gasteiger partial charge in [0.05, 0.1) is 19.8 Å². The predicted octanol–water partition coefficient (Wildman–Crippen LogP) is 14.0. The number of likely N-dealkylation sites (tertiary alicyclic amines) is 3. The first-order valence-electron chi connectivity index (χ1n) is 38.5. The van der Waals surface area contributed by atoms with Gasteiger partial charge in [-0.1, -0.05) is 164 Å². The number of anilines is 1. The smallest absolute Gasteiger partial charge is 0.238 e.